The first kappa shape index (κ1) is 22.6. The van der Waals surface area contributed by atoms with E-state index in [4.69, 9.17) is 4.74 Å². The highest BCUT2D eigenvalue weighted by molar-refractivity contribution is 7.89. The van der Waals surface area contributed by atoms with Gasteiger partial charge in [0.25, 0.3) is 0 Å². The lowest BCUT2D eigenvalue weighted by Gasteiger charge is -2.24. The Hall–Kier alpha value is -3.16. The molecule has 5 rings (SSSR count). The van der Waals surface area contributed by atoms with Crippen LogP contribution in [-0.4, -0.2) is 31.8 Å². The fourth-order valence-corrected chi connectivity index (χ4v) is 5.98. The summed E-state index contributed by atoms with van der Waals surface area (Å²) in [4.78, 5) is 15.2. The Kier molecular flexibility index (Phi) is 6.15. The molecule has 0 radical (unpaired) electrons. The normalized spacial score (nSPS) is 16.3. The number of benzene rings is 3. The lowest BCUT2D eigenvalue weighted by Crippen LogP contribution is -2.33. The van der Waals surface area contributed by atoms with Gasteiger partial charge in [0.2, 0.25) is 15.9 Å². The standard InChI is InChI=1S/C27H28N2O4S/c1-20-7-5-6-10-26(20)34(31,32)28-15-16-33-25-14-11-21(17-23(25)19-28)18-29(27(30)22-12-13-22)24-8-3-2-4-9-24/h2-11,14,17,22H,12-13,15-16,18-19H2,1H3. The summed E-state index contributed by atoms with van der Waals surface area (Å²) in [5.41, 5.74) is 3.34. The van der Waals surface area contributed by atoms with Crippen LogP contribution in [0.2, 0.25) is 0 Å². The Bertz CT molecular complexity index is 1300. The van der Waals surface area contributed by atoms with E-state index in [-0.39, 0.29) is 31.5 Å². The Morgan fingerprint density at radius 3 is 2.50 bits per heavy atom. The van der Waals surface area contributed by atoms with Crippen LogP contribution in [0.4, 0.5) is 5.69 Å². The molecule has 0 atom stereocenters. The number of carbonyl (C=O) groups is 1. The maximum atomic E-state index is 13.4. The molecular weight excluding hydrogens is 448 g/mol. The second-order valence-electron chi connectivity index (χ2n) is 8.93. The highest BCUT2D eigenvalue weighted by atomic mass is 32.2. The van der Waals surface area contributed by atoms with E-state index < -0.39 is 10.0 Å². The average Bonchev–Trinajstić information content (AvgIpc) is 3.70. The summed E-state index contributed by atoms with van der Waals surface area (Å²) >= 11 is 0. The van der Waals surface area contributed by atoms with E-state index >= 15 is 0 Å². The molecule has 3 aromatic rings. The Balaban J connectivity index is 1.43. The van der Waals surface area contributed by atoms with Gasteiger partial charge in [0, 0.05) is 30.3 Å². The maximum absolute atomic E-state index is 13.4. The van der Waals surface area contributed by atoms with Crippen molar-refractivity contribution in [2.75, 3.05) is 18.1 Å². The van der Waals surface area contributed by atoms with Crippen LogP contribution < -0.4 is 9.64 Å². The quantitative estimate of drug-likeness (QED) is 0.525. The third-order valence-electron chi connectivity index (χ3n) is 6.38. The summed E-state index contributed by atoms with van der Waals surface area (Å²) in [6.45, 7) is 3.02. The fourth-order valence-electron chi connectivity index (χ4n) is 4.35. The molecule has 1 amide bonds. The number of hydrogen-bond acceptors (Lipinski definition) is 4. The molecule has 7 heteroatoms. The van der Waals surface area contributed by atoms with E-state index in [0.717, 1.165) is 35.2 Å². The molecule has 1 aliphatic heterocycles. The van der Waals surface area contributed by atoms with Gasteiger partial charge in [-0.25, -0.2) is 8.42 Å². The van der Waals surface area contributed by atoms with Crippen molar-refractivity contribution in [1.29, 1.82) is 0 Å². The molecule has 1 fully saturated rings. The largest absolute Gasteiger partial charge is 0.492 e. The lowest BCUT2D eigenvalue weighted by atomic mass is 10.1. The number of aryl methyl sites for hydroxylation is 1. The summed E-state index contributed by atoms with van der Waals surface area (Å²) < 4.78 is 34.2. The fraction of sp³-hybridized carbons (Fsp3) is 0.296. The molecule has 0 aromatic heterocycles. The third kappa shape index (κ3) is 4.58. The molecule has 0 unspecified atom stereocenters. The van der Waals surface area contributed by atoms with Crippen molar-refractivity contribution >= 4 is 21.6 Å². The van der Waals surface area contributed by atoms with Crippen molar-refractivity contribution in [2.24, 2.45) is 5.92 Å². The lowest BCUT2D eigenvalue weighted by molar-refractivity contribution is -0.119. The number of sulfonamides is 1. The first-order chi connectivity index (χ1) is 16.4. The summed E-state index contributed by atoms with van der Waals surface area (Å²) in [6, 6.07) is 22.6. The zero-order valence-corrected chi connectivity index (χ0v) is 20.0. The predicted octanol–water partition coefficient (Wildman–Crippen LogP) is 4.52. The molecule has 1 aliphatic carbocycles. The van der Waals surface area contributed by atoms with Crippen molar-refractivity contribution in [3.05, 3.63) is 89.5 Å². The smallest absolute Gasteiger partial charge is 0.243 e. The Labute approximate surface area is 200 Å². The maximum Gasteiger partial charge on any atom is 0.243 e. The van der Waals surface area contributed by atoms with Gasteiger partial charge >= 0.3 is 0 Å². The predicted molar refractivity (Wildman–Crippen MR) is 131 cm³/mol. The van der Waals surface area contributed by atoms with Crippen molar-refractivity contribution in [1.82, 2.24) is 4.31 Å². The third-order valence-corrected chi connectivity index (χ3v) is 8.39. The van der Waals surface area contributed by atoms with Gasteiger partial charge in [0.05, 0.1) is 11.4 Å². The number of hydrogen-bond donors (Lipinski definition) is 0. The van der Waals surface area contributed by atoms with Gasteiger partial charge < -0.3 is 9.64 Å². The molecule has 6 nitrogen and oxygen atoms in total. The SMILES string of the molecule is Cc1ccccc1S(=O)(=O)N1CCOc2ccc(CN(C(=O)C3CC3)c3ccccc3)cc2C1. The van der Waals surface area contributed by atoms with Crippen LogP contribution in [0.25, 0.3) is 0 Å². The van der Waals surface area contributed by atoms with Crippen LogP contribution in [0.15, 0.2) is 77.7 Å². The summed E-state index contributed by atoms with van der Waals surface area (Å²) in [5, 5.41) is 0. The number of ether oxygens (including phenoxy) is 1. The van der Waals surface area contributed by atoms with Crippen molar-refractivity contribution < 1.29 is 17.9 Å². The second-order valence-corrected chi connectivity index (χ2v) is 10.8. The summed E-state index contributed by atoms with van der Waals surface area (Å²) in [7, 11) is -3.67. The number of amides is 1. The zero-order valence-electron chi connectivity index (χ0n) is 19.2. The first-order valence-electron chi connectivity index (χ1n) is 11.6. The van der Waals surface area contributed by atoms with Gasteiger partial charge in [-0.1, -0.05) is 42.5 Å². The van der Waals surface area contributed by atoms with E-state index in [9.17, 15) is 13.2 Å². The van der Waals surface area contributed by atoms with Gasteiger partial charge in [-0.2, -0.15) is 4.31 Å². The molecule has 3 aromatic carbocycles. The monoisotopic (exact) mass is 476 g/mol. The molecule has 2 aliphatic rings. The van der Waals surface area contributed by atoms with E-state index in [1.807, 2.05) is 72.5 Å². The van der Waals surface area contributed by atoms with Gasteiger partial charge in [-0.05, 0) is 61.2 Å². The van der Waals surface area contributed by atoms with E-state index in [0.29, 0.717) is 17.2 Å². The topological polar surface area (TPSA) is 66.9 Å². The molecule has 34 heavy (non-hydrogen) atoms. The number of carbonyl (C=O) groups excluding carboxylic acids is 1. The minimum absolute atomic E-state index is 0.0964. The number of fused-ring (bicyclic) bond motifs is 1. The number of para-hydroxylation sites is 1. The highest BCUT2D eigenvalue weighted by Gasteiger charge is 2.34. The second kappa shape index (κ2) is 9.24. The van der Waals surface area contributed by atoms with E-state index in [1.165, 1.54) is 4.31 Å². The first-order valence-corrected chi connectivity index (χ1v) is 13.0. The molecule has 176 valence electrons. The minimum atomic E-state index is -3.67. The molecule has 1 heterocycles. The minimum Gasteiger partial charge on any atom is -0.492 e. The molecule has 0 spiro atoms. The Morgan fingerprint density at radius 2 is 1.76 bits per heavy atom. The van der Waals surface area contributed by atoms with Crippen LogP contribution in [0, 0.1) is 12.8 Å². The van der Waals surface area contributed by atoms with Crippen LogP contribution in [-0.2, 0) is 27.9 Å². The zero-order chi connectivity index (χ0) is 23.7. The number of rotatable bonds is 6. The van der Waals surface area contributed by atoms with Crippen LogP contribution >= 0.6 is 0 Å². The molecule has 0 bridgehead atoms. The van der Waals surface area contributed by atoms with Crippen molar-refractivity contribution in [3.63, 3.8) is 0 Å². The van der Waals surface area contributed by atoms with Gasteiger partial charge in [-0.3, -0.25) is 4.79 Å². The van der Waals surface area contributed by atoms with Gasteiger partial charge in [0.1, 0.15) is 12.4 Å². The average molecular weight is 477 g/mol. The molecular formula is C27H28N2O4S. The number of nitrogens with zero attached hydrogens (tertiary/aromatic N) is 2. The van der Waals surface area contributed by atoms with Crippen LogP contribution in [0.3, 0.4) is 0 Å². The molecule has 1 saturated carbocycles. The van der Waals surface area contributed by atoms with Crippen molar-refractivity contribution in [3.8, 4) is 5.75 Å². The van der Waals surface area contributed by atoms with Crippen LogP contribution in [0.5, 0.6) is 5.75 Å². The van der Waals surface area contributed by atoms with Crippen LogP contribution in [0.1, 0.15) is 29.5 Å². The van der Waals surface area contributed by atoms with Gasteiger partial charge in [0.15, 0.2) is 0 Å². The summed E-state index contributed by atoms with van der Waals surface area (Å²) in [5.74, 6) is 0.922. The molecule has 0 N–H and O–H groups in total. The molecule has 0 saturated heterocycles. The summed E-state index contributed by atoms with van der Waals surface area (Å²) in [6.07, 6.45) is 1.87. The van der Waals surface area contributed by atoms with Crippen molar-refractivity contribution in [2.45, 2.75) is 37.8 Å². The van der Waals surface area contributed by atoms with E-state index in [2.05, 4.69) is 0 Å². The van der Waals surface area contributed by atoms with E-state index in [1.54, 1.807) is 12.1 Å². The Morgan fingerprint density at radius 1 is 1.03 bits per heavy atom. The van der Waals surface area contributed by atoms with Gasteiger partial charge in [-0.15, -0.1) is 0 Å². The number of anilines is 1. The highest BCUT2D eigenvalue weighted by Crippen LogP contribution is 2.34.